The average Bonchev–Trinajstić information content (AvgIpc) is 3.00. The number of carboxylic acids is 1. The van der Waals surface area contributed by atoms with Crippen molar-refractivity contribution >= 4 is 5.97 Å². The topological polar surface area (TPSA) is 52.6 Å². The lowest BCUT2D eigenvalue weighted by molar-refractivity contribution is -0.144. The van der Waals surface area contributed by atoms with Gasteiger partial charge in [0.2, 0.25) is 0 Å². The molecule has 2 saturated carbocycles. The number of hydrogen-bond donors (Lipinski definition) is 2. The van der Waals surface area contributed by atoms with Crippen molar-refractivity contribution in [3.8, 4) is 0 Å². The Morgan fingerprint density at radius 3 is 2.58 bits per heavy atom. The second-order valence-electron chi connectivity index (χ2n) is 6.72. The molecule has 0 aromatic heterocycles. The van der Waals surface area contributed by atoms with Crippen LogP contribution in [0, 0.1) is 11.8 Å². The molecule has 4 heteroatoms. The van der Waals surface area contributed by atoms with Gasteiger partial charge in [0, 0.05) is 19.1 Å². The molecule has 108 valence electrons. The van der Waals surface area contributed by atoms with Crippen LogP contribution in [-0.4, -0.2) is 47.2 Å². The highest BCUT2D eigenvalue weighted by Gasteiger charge is 2.48. The zero-order valence-electron chi connectivity index (χ0n) is 11.9. The Kier molecular flexibility index (Phi) is 3.56. The van der Waals surface area contributed by atoms with Gasteiger partial charge in [-0.3, -0.25) is 9.69 Å². The van der Waals surface area contributed by atoms with Crippen molar-refractivity contribution in [3.05, 3.63) is 0 Å². The molecule has 4 atom stereocenters. The normalized spacial score (nSPS) is 42.7. The van der Waals surface area contributed by atoms with Crippen LogP contribution in [0.5, 0.6) is 0 Å². The first-order chi connectivity index (χ1) is 9.14. The van der Waals surface area contributed by atoms with E-state index in [-0.39, 0.29) is 0 Å². The van der Waals surface area contributed by atoms with Crippen LogP contribution in [0.15, 0.2) is 0 Å². The van der Waals surface area contributed by atoms with E-state index in [9.17, 15) is 9.90 Å². The third kappa shape index (κ3) is 2.29. The van der Waals surface area contributed by atoms with E-state index in [1.54, 1.807) is 0 Å². The van der Waals surface area contributed by atoms with Gasteiger partial charge in [0.15, 0.2) is 0 Å². The van der Waals surface area contributed by atoms with E-state index in [4.69, 9.17) is 0 Å². The molecule has 4 unspecified atom stereocenters. The van der Waals surface area contributed by atoms with Crippen molar-refractivity contribution < 1.29 is 9.90 Å². The van der Waals surface area contributed by atoms with Crippen LogP contribution < -0.4 is 5.32 Å². The molecule has 0 aromatic carbocycles. The van der Waals surface area contributed by atoms with E-state index < -0.39 is 11.5 Å². The first-order valence-corrected chi connectivity index (χ1v) is 7.87. The molecule has 4 nitrogen and oxygen atoms in total. The van der Waals surface area contributed by atoms with Crippen molar-refractivity contribution in [2.75, 3.05) is 19.6 Å². The summed E-state index contributed by atoms with van der Waals surface area (Å²) >= 11 is 0. The molecule has 0 spiro atoms. The molecule has 1 aliphatic heterocycles. The standard InChI is InChI=1S/C15H26N2O2/c1-2-16-15(14(18)19)7-6-13(8-15)17-9-11-4-3-5-12(11)10-17/h11-13,16H,2-10H2,1H3,(H,18,19). The smallest absolute Gasteiger partial charge is 0.323 e. The second kappa shape index (κ2) is 5.06. The predicted octanol–water partition coefficient (Wildman–Crippen LogP) is 1.70. The maximum atomic E-state index is 11.6. The highest BCUT2D eigenvalue weighted by atomic mass is 16.4. The van der Waals surface area contributed by atoms with Crippen LogP contribution >= 0.6 is 0 Å². The number of likely N-dealkylation sites (tertiary alicyclic amines) is 1. The first-order valence-electron chi connectivity index (χ1n) is 7.87. The Labute approximate surface area is 115 Å². The van der Waals surface area contributed by atoms with Crippen molar-refractivity contribution in [2.24, 2.45) is 11.8 Å². The zero-order chi connectivity index (χ0) is 13.5. The summed E-state index contributed by atoms with van der Waals surface area (Å²) in [6.45, 7) is 5.18. The summed E-state index contributed by atoms with van der Waals surface area (Å²) in [5.74, 6) is 1.15. The van der Waals surface area contributed by atoms with Crippen molar-refractivity contribution in [1.29, 1.82) is 0 Å². The predicted molar refractivity (Wildman–Crippen MR) is 74.1 cm³/mol. The van der Waals surface area contributed by atoms with Crippen LogP contribution in [0.4, 0.5) is 0 Å². The maximum absolute atomic E-state index is 11.6. The fourth-order valence-corrected chi connectivity index (χ4v) is 4.67. The number of rotatable bonds is 4. The molecule has 2 aliphatic carbocycles. The summed E-state index contributed by atoms with van der Waals surface area (Å²) in [5.41, 5.74) is -0.656. The van der Waals surface area contributed by atoms with Crippen LogP contribution in [0.3, 0.4) is 0 Å². The molecule has 0 aromatic rings. The molecule has 3 rings (SSSR count). The van der Waals surface area contributed by atoms with Crippen molar-refractivity contribution in [1.82, 2.24) is 10.2 Å². The van der Waals surface area contributed by atoms with Gasteiger partial charge in [0.25, 0.3) is 0 Å². The Hall–Kier alpha value is -0.610. The molecule has 1 heterocycles. The third-order valence-corrected chi connectivity index (χ3v) is 5.68. The first kappa shape index (κ1) is 13.4. The number of likely N-dealkylation sites (N-methyl/N-ethyl adjacent to an activating group) is 1. The minimum atomic E-state index is -0.656. The molecule has 19 heavy (non-hydrogen) atoms. The van der Waals surface area contributed by atoms with E-state index in [1.807, 2.05) is 6.92 Å². The molecular formula is C15H26N2O2. The summed E-state index contributed by atoms with van der Waals surface area (Å²) in [4.78, 5) is 14.2. The fourth-order valence-electron chi connectivity index (χ4n) is 4.67. The number of nitrogens with one attached hydrogen (secondary N) is 1. The molecule has 0 bridgehead atoms. The molecule has 0 radical (unpaired) electrons. The summed E-state index contributed by atoms with van der Waals surface area (Å²) < 4.78 is 0. The number of carboxylic acid groups (broad SMARTS) is 1. The number of aliphatic carboxylic acids is 1. The summed E-state index contributed by atoms with van der Waals surface area (Å²) in [7, 11) is 0. The molecule has 0 amide bonds. The van der Waals surface area contributed by atoms with Gasteiger partial charge in [-0.05, 0) is 50.5 Å². The molecule has 3 fully saturated rings. The quantitative estimate of drug-likeness (QED) is 0.813. The van der Waals surface area contributed by atoms with Gasteiger partial charge >= 0.3 is 5.97 Å². The van der Waals surface area contributed by atoms with Gasteiger partial charge in [-0.1, -0.05) is 13.3 Å². The van der Waals surface area contributed by atoms with E-state index in [0.29, 0.717) is 6.04 Å². The summed E-state index contributed by atoms with van der Waals surface area (Å²) in [6.07, 6.45) is 6.81. The zero-order valence-corrected chi connectivity index (χ0v) is 11.9. The van der Waals surface area contributed by atoms with E-state index in [0.717, 1.165) is 37.6 Å². The average molecular weight is 266 g/mol. The van der Waals surface area contributed by atoms with Crippen molar-refractivity contribution in [2.45, 2.75) is 57.0 Å². The SMILES string of the molecule is CCNC1(C(=O)O)CCC(N2CC3CCCC3C2)C1. The number of fused-ring (bicyclic) bond motifs is 1. The minimum Gasteiger partial charge on any atom is -0.480 e. The maximum Gasteiger partial charge on any atom is 0.323 e. The van der Waals surface area contributed by atoms with Crippen LogP contribution in [0.2, 0.25) is 0 Å². The van der Waals surface area contributed by atoms with Crippen LogP contribution in [0.25, 0.3) is 0 Å². The van der Waals surface area contributed by atoms with Gasteiger partial charge in [0.05, 0.1) is 0 Å². The Balaban J connectivity index is 1.64. The summed E-state index contributed by atoms with van der Waals surface area (Å²) in [6, 6.07) is 0.487. The number of carbonyl (C=O) groups is 1. The molecule has 2 N–H and O–H groups in total. The molecular weight excluding hydrogens is 240 g/mol. The van der Waals surface area contributed by atoms with Gasteiger partial charge in [0.1, 0.15) is 5.54 Å². The lowest BCUT2D eigenvalue weighted by Crippen LogP contribution is -2.51. The number of hydrogen-bond acceptors (Lipinski definition) is 3. The van der Waals surface area contributed by atoms with Gasteiger partial charge in [-0.25, -0.2) is 0 Å². The minimum absolute atomic E-state index is 0.487. The largest absolute Gasteiger partial charge is 0.480 e. The number of nitrogens with zero attached hydrogens (tertiary/aromatic N) is 1. The lowest BCUT2D eigenvalue weighted by atomic mass is 9.97. The summed E-state index contributed by atoms with van der Waals surface area (Å²) in [5, 5.41) is 12.8. The second-order valence-corrected chi connectivity index (χ2v) is 6.72. The van der Waals surface area contributed by atoms with Gasteiger partial charge < -0.3 is 10.4 Å². The molecule has 1 saturated heterocycles. The monoisotopic (exact) mass is 266 g/mol. The van der Waals surface area contributed by atoms with Gasteiger partial charge in [-0.2, -0.15) is 0 Å². The fraction of sp³-hybridized carbons (Fsp3) is 0.933. The highest BCUT2D eigenvalue weighted by Crippen LogP contribution is 2.42. The highest BCUT2D eigenvalue weighted by molar-refractivity contribution is 5.79. The van der Waals surface area contributed by atoms with E-state index in [1.165, 1.54) is 32.4 Å². The Morgan fingerprint density at radius 1 is 1.32 bits per heavy atom. The third-order valence-electron chi connectivity index (χ3n) is 5.68. The van der Waals surface area contributed by atoms with Gasteiger partial charge in [-0.15, -0.1) is 0 Å². The van der Waals surface area contributed by atoms with Crippen LogP contribution in [0.1, 0.15) is 45.4 Å². The van der Waals surface area contributed by atoms with Crippen LogP contribution in [-0.2, 0) is 4.79 Å². The molecule has 3 aliphatic rings. The Bertz CT molecular complexity index is 348. The van der Waals surface area contributed by atoms with E-state index in [2.05, 4.69) is 10.2 Å². The van der Waals surface area contributed by atoms with Crippen molar-refractivity contribution in [3.63, 3.8) is 0 Å². The Morgan fingerprint density at radius 2 is 2.00 bits per heavy atom. The lowest BCUT2D eigenvalue weighted by Gasteiger charge is -2.28. The van der Waals surface area contributed by atoms with E-state index >= 15 is 0 Å².